The summed E-state index contributed by atoms with van der Waals surface area (Å²) in [4.78, 5) is 20.7. The van der Waals surface area contributed by atoms with Crippen LogP contribution in [0.25, 0.3) is 0 Å². The van der Waals surface area contributed by atoms with Gasteiger partial charge >= 0.3 is 0 Å². The maximum atomic E-state index is 12.6. The fourth-order valence-corrected chi connectivity index (χ4v) is 3.55. The van der Waals surface area contributed by atoms with Gasteiger partial charge in [0.2, 0.25) is 5.91 Å². The summed E-state index contributed by atoms with van der Waals surface area (Å²) < 4.78 is 6.96. The van der Waals surface area contributed by atoms with Crippen LogP contribution in [0.4, 0.5) is 5.69 Å². The van der Waals surface area contributed by atoms with E-state index in [2.05, 4.69) is 27.5 Å². The van der Waals surface area contributed by atoms with E-state index in [1.54, 1.807) is 22.8 Å². The Morgan fingerprint density at radius 2 is 2.19 bits per heavy atom. The van der Waals surface area contributed by atoms with Gasteiger partial charge in [0, 0.05) is 51.4 Å². The van der Waals surface area contributed by atoms with Gasteiger partial charge in [-0.25, -0.2) is 0 Å². The minimum atomic E-state index is 0.0379. The lowest BCUT2D eigenvalue weighted by atomic mass is 10.00. The lowest BCUT2D eigenvalue weighted by Crippen LogP contribution is -2.55. The normalized spacial score (nSPS) is 16.8. The minimum absolute atomic E-state index is 0.0379. The lowest BCUT2D eigenvalue weighted by Gasteiger charge is -2.35. The van der Waals surface area contributed by atoms with Gasteiger partial charge in [-0.2, -0.15) is 5.10 Å². The Balaban J connectivity index is 1.59. The van der Waals surface area contributed by atoms with Crippen molar-refractivity contribution in [2.24, 2.45) is 12.0 Å². The number of aryl methyl sites for hydroxylation is 3. The van der Waals surface area contributed by atoms with Crippen LogP contribution in [0.5, 0.6) is 0 Å². The van der Waals surface area contributed by atoms with Crippen molar-refractivity contribution in [3.63, 3.8) is 0 Å². The standard InChI is InChI=1S/C18H27N7O2/c1-12(17-13(2)22-27-14(17)3)8-20-18(19-4)24-6-7-25(16(26)11-24)15-9-21-23(5)10-15/h9-10,12H,6-8,11H2,1-5H3,(H,19,20). The molecule has 9 heteroatoms. The molecule has 0 radical (unpaired) electrons. The largest absolute Gasteiger partial charge is 0.361 e. The Hall–Kier alpha value is -2.84. The van der Waals surface area contributed by atoms with E-state index in [1.165, 1.54) is 0 Å². The maximum absolute atomic E-state index is 12.6. The summed E-state index contributed by atoms with van der Waals surface area (Å²) in [6.45, 7) is 8.29. The second-order valence-electron chi connectivity index (χ2n) is 6.91. The quantitative estimate of drug-likeness (QED) is 0.636. The number of guanidine groups is 1. The molecule has 1 atom stereocenters. The van der Waals surface area contributed by atoms with Crippen molar-refractivity contribution < 1.29 is 9.32 Å². The van der Waals surface area contributed by atoms with Crippen molar-refractivity contribution >= 4 is 17.6 Å². The number of aliphatic imine (C=N–C) groups is 1. The smallest absolute Gasteiger partial charge is 0.246 e. The highest BCUT2D eigenvalue weighted by Gasteiger charge is 2.28. The molecule has 0 aromatic carbocycles. The van der Waals surface area contributed by atoms with Crippen LogP contribution < -0.4 is 10.2 Å². The predicted octanol–water partition coefficient (Wildman–Crippen LogP) is 1.05. The molecule has 146 valence electrons. The van der Waals surface area contributed by atoms with E-state index in [-0.39, 0.29) is 18.4 Å². The highest BCUT2D eigenvalue weighted by atomic mass is 16.5. The lowest BCUT2D eigenvalue weighted by molar-refractivity contribution is -0.120. The second-order valence-corrected chi connectivity index (χ2v) is 6.91. The first-order valence-corrected chi connectivity index (χ1v) is 9.08. The average molecular weight is 373 g/mol. The first-order chi connectivity index (χ1) is 12.9. The van der Waals surface area contributed by atoms with Crippen molar-refractivity contribution in [3.8, 4) is 0 Å². The molecule has 1 amide bonds. The molecule has 1 aliphatic heterocycles. The van der Waals surface area contributed by atoms with Gasteiger partial charge < -0.3 is 19.6 Å². The number of carbonyl (C=O) groups excluding carboxylic acids is 1. The molecule has 9 nitrogen and oxygen atoms in total. The van der Waals surface area contributed by atoms with Gasteiger partial charge in [0.1, 0.15) is 12.3 Å². The van der Waals surface area contributed by atoms with Gasteiger partial charge in [0.25, 0.3) is 0 Å². The molecular weight excluding hydrogens is 346 g/mol. The molecule has 0 aliphatic carbocycles. The summed E-state index contributed by atoms with van der Waals surface area (Å²) in [6.07, 6.45) is 3.57. The number of nitrogens with zero attached hydrogens (tertiary/aromatic N) is 6. The molecule has 0 bridgehead atoms. The molecule has 3 heterocycles. The molecule has 0 saturated carbocycles. The monoisotopic (exact) mass is 373 g/mol. The summed E-state index contributed by atoms with van der Waals surface area (Å²) in [5.74, 6) is 1.83. The molecule has 1 unspecified atom stereocenters. The van der Waals surface area contributed by atoms with Crippen LogP contribution in [-0.4, -0.2) is 64.9 Å². The van der Waals surface area contributed by atoms with Crippen LogP contribution in [0.1, 0.15) is 29.9 Å². The van der Waals surface area contributed by atoms with Gasteiger partial charge in [-0.3, -0.25) is 14.5 Å². The predicted molar refractivity (Wildman–Crippen MR) is 103 cm³/mol. The maximum Gasteiger partial charge on any atom is 0.246 e. The van der Waals surface area contributed by atoms with Crippen molar-refractivity contribution in [2.75, 3.05) is 38.1 Å². The third-order valence-electron chi connectivity index (χ3n) is 4.88. The first-order valence-electron chi connectivity index (χ1n) is 9.08. The number of amides is 1. The molecule has 3 rings (SSSR count). The number of rotatable bonds is 4. The topological polar surface area (TPSA) is 91.8 Å². The number of hydrogen-bond acceptors (Lipinski definition) is 5. The van der Waals surface area contributed by atoms with E-state index in [4.69, 9.17) is 4.52 Å². The Morgan fingerprint density at radius 3 is 2.74 bits per heavy atom. The molecular formula is C18H27N7O2. The number of hydrogen-bond donors (Lipinski definition) is 1. The second kappa shape index (κ2) is 7.81. The van der Waals surface area contributed by atoms with E-state index < -0.39 is 0 Å². The summed E-state index contributed by atoms with van der Waals surface area (Å²) in [5.41, 5.74) is 2.87. The van der Waals surface area contributed by atoms with Crippen molar-refractivity contribution in [3.05, 3.63) is 29.4 Å². The zero-order valence-electron chi connectivity index (χ0n) is 16.6. The summed E-state index contributed by atoms with van der Waals surface area (Å²) in [7, 11) is 3.58. The van der Waals surface area contributed by atoms with E-state index in [0.29, 0.717) is 19.6 Å². The molecule has 1 fully saturated rings. The van der Waals surface area contributed by atoms with Crippen LogP contribution in [0.3, 0.4) is 0 Å². The Morgan fingerprint density at radius 1 is 1.41 bits per heavy atom. The molecule has 2 aromatic rings. The number of piperazine rings is 1. The van der Waals surface area contributed by atoms with Gasteiger partial charge in [-0.1, -0.05) is 12.1 Å². The van der Waals surface area contributed by atoms with E-state index in [0.717, 1.165) is 28.7 Å². The first kappa shape index (κ1) is 18.9. The number of anilines is 1. The minimum Gasteiger partial charge on any atom is -0.361 e. The zero-order chi connectivity index (χ0) is 19.6. The van der Waals surface area contributed by atoms with E-state index in [9.17, 15) is 4.79 Å². The zero-order valence-corrected chi connectivity index (χ0v) is 16.6. The van der Waals surface area contributed by atoms with Crippen LogP contribution in [0.15, 0.2) is 21.9 Å². The van der Waals surface area contributed by atoms with Gasteiger partial charge in [0.15, 0.2) is 5.96 Å². The number of nitrogens with one attached hydrogen (secondary N) is 1. The van der Waals surface area contributed by atoms with Crippen molar-refractivity contribution in [1.82, 2.24) is 25.2 Å². The van der Waals surface area contributed by atoms with E-state index >= 15 is 0 Å². The van der Waals surface area contributed by atoms with Gasteiger partial charge in [-0.15, -0.1) is 0 Å². The fourth-order valence-electron chi connectivity index (χ4n) is 3.55. The molecule has 1 N–H and O–H groups in total. The number of carbonyl (C=O) groups is 1. The SMILES string of the molecule is CN=C(NCC(C)c1c(C)noc1C)N1CCN(c2cnn(C)c2)C(=O)C1. The van der Waals surface area contributed by atoms with Crippen LogP contribution in [0, 0.1) is 13.8 Å². The Kier molecular flexibility index (Phi) is 5.48. The summed E-state index contributed by atoms with van der Waals surface area (Å²) in [6, 6.07) is 0. The third-order valence-corrected chi connectivity index (χ3v) is 4.88. The fraction of sp³-hybridized carbons (Fsp3) is 0.556. The molecule has 0 spiro atoms. The molecule has 27 heavy (non-hydrogen) atoms. The van der Waals surface area contributed by atoms with Crippen molar-refractivity contribution in [2.45, 2.75) is 26.7 Å². The van der Waals surface area contributed by atoms with E-state index in [1.807, 2.05) is 32.0 Å². The average Bonchev–Trinajstić information content (AvgIpc) is 3.21. The third kappa shape index (κ3) is 3.96. The molecule has 1 aliphatic rings. The Bertz CT molecular complexity index is 819. The highest BCUT2D eigenvalue weighted by Crippen LogP contribution is 2.22. The van der Waals surface area contributed by atoms with Crippen LogP contribution >= 0.6 is 0 Å². The number of aromatic nitrogens is 3. The van der Waals surface area contributed by atoms with Crippen LogP contribution in [0.2, 0.25) is 0 Å². The Labute approximate surface area is 159 Å². The van der Waals surface area contributed by atoms with Gasteiger partial charge in [0.05, 0.1) is 17.6 Å². The summed E-state index contributed by atoms with van der Waals surface area (Å²) in [5, 5.41) is 11.5. The van der Waals surface area contributed by atoms with Gasteiger partial charge in [-0.05, 0) is 13.8 Å². The highest BCUT2D eigenvalue weighted by molar-refractivity contribution is 5.98. The van der Waals surface area contributed by atoms with Crippen LogP contribution in [-0.2, 0) is 11.8 Å². The summed E-state index contributed by atoms with van der Waals surface area (Å²) >= 11 is 0. The van der Waals surface area contributed by atoms with Crippen molar-refractivity contribution in [1.29, 1.82) is 0 Å². The molecule has 2 aromatic heterocycles. The molecule has 1 saturated heterocycles.